The summed E-state index contributed by atoms with van der Waals surface area (Å²) in [6.45, 7) is 23.5. The first kappa shape index (κ1) is 35.5. The number of hydrogen-bond acceptors (Lipinski definition) is 6. The van der Waals surface area contributed by atoms with Crippen molar-refractivity contribution in [2.75, 3.05) is 32.8 Å². The molecule has 1 saturated heterocycles. The molecule has 2 atom stereocenters. The molecule has 4 rings (SSSR count). The van der Waals surface area contributed by atoms with Gasteiger partial charge in [-0.05, 0) is 110 Å². The van der Waals surface area contributed by atoms with Crippen molar-refractivity contribution >= 4 is 11.9 Å². The standard InChI is InChI=1S/C38H60N2O5/c1-26(2)40(27(3)4)18-12-14-35(42)44-32-24-29(37(6,7)17-11-10-13-34(41)39-19-21-43-22-20-39)25-33-36(32)30-23-28(5)15-16-31(30)38(8,9)45-33/h15,24-27,30-31H,10-14,16-23H2,1-9H3. The van der Waals surface area contributed by atoms with Crippen LogP contribution in [0.1, 0.15) is 131 Å². The average molecular weight is 625 g/mol. The number of benzene rings is 1. The van der Waals surface area contributed by atoms with E-state index < -0.39 is 0 Å². The summed E-state index contributed by atoms with van der Waals surface area (Å²) in [6, 6.07) is 5.20. The number of allylic oxidation sites excluding steroid dienone is 2. The first-order chi connectivity index (χ1) is 21.2. The van der Waals surface area contributed by atoms with Gasteiger partial charge in [0, 0.05) is 55.4 Å². The fourth-order valence-corrected chi connectivity index (χ4v) is 7.67. The molecule has 1 aromatic carbocycles. The molecule has 1 aromatic rings. The number of carbonyl (C=O) groups is 2. The predicted molar refractivity (Wildman–Crippen MR) is 181 cm³/mol. The van der Waals surface area contributed by atoms with Gasteiger partial charge >= 0.3 is 5.97 Å². The molecule has 0 saturated carbocycles. The van der Waals surface area contributed by atoms with Gasteiger partial charge in [-0.15, -0.1) is 0 Å². The van der Waals surface area contributed by atoms with Crippen molar-refractivity contribution < 1.29 is 23.8 Å². The van der Waals surface area contributed by atoms with E-state index in [0.717, 1.165) is 61.9 Å². The second-order valence-corrected chi connectivity index (χ2v) is 15.4. The Bertz CT molecular complexity index is 1200. The maximum atomic E-state index is 13.4. The van der Waals surface area contributed by atoms with Crippen LogP contribution in [0.3, 0.4) is 0 Å². The van der Waals surface area contributed by atoms with Crippen LogP contribution in [0.25, 0.3) is 0 Å². The van der Waals surface area contributed by atoms with Crippen molar-refractivity contribution in [3.05, 3.63) is 34.9 Å². The number of amides is 1. The van der Waals surface area contributed by atoms with Crippen LogP contribution in [0.15, 0.2) is 23.8 Å². The van der Waals surface area contributed by atoms with Crippen LogP contribution < -0.4 is 9.47 Å². The van der Waals surface area contributed by atoms with Gasteiger partial charge in [0.15, 0.2) is 0 Å². The Balaban J connectivity index is 1.53. The SMILES string of the molecule is CC1=CCC2C(C1)c1c(OC(=O)CCCN(C(C)C)C(C)C)cc(C(C)(C)CCCCC(=O)N3CCOCC3)cc1OC2(C)C. The highest BCUT2D eigenvalue weighted by atomic mass is 16.5. The Morgan fingerprint density at radius 1 is 1.04 bits per heavy atom. The molecule has 1 aliphatic carbocycles. The van der Waals surface area contributed by atoms with Crippen LogP contribution >= 0.6 is 0 Å². The Kier molecular flexibility index (Phi) is 11.8. The fraction of sp³-hybridized carbons (Fsp3) is 0.737. The maximum absolute atomic E-state index is 13.4. The summed E-state index contributed by atoms with van der Waals surface area (Å²) in [5, 5.41) is 0. The maximum Gasteiger partial charge on any atom is 0.311 e. The number of hydrogen-bond donors (Lipinski definition) is 0. The molecule has 0 radical (unpaired) electrons. The van der Waals surface area contributed by atoms with Crippen molar-refractivity contribution in [3.8, 4) is 11.5 Å². The second-order valence-electron chi connectivity index (χ2n) is 15.4. The van der Waals surface area contributed by atoms with Crippen LogP contribution in [0.4, 0.5) is 0 Å². The summed E-state index contributed by atoms with van der Waals surface area (Å²) < 4.78 is 18.5. The van der Waals surface area contributed by atoms with Crippen molar-refractivity contribution in [3.63, 3.8) is 0 Å². The highest BCUT2D eigenvalue weighted by Gasteiger charge is 2.46. The molecule has 2 aliphatic heterocycles. The molecule has 7 heteroatoms. The first-order valence-corrected chi connectivity index (χ1v) is 17.5. The lowest BCUT2D eigenvalue weighted by Gasteiger charge is -2.47. The molecule has 1 amide bonds. The number of rotatable bonds is 13. The molecule has 0 aromatic heterocycles. The Hall–Kier alpha value is -2.38. The van der Waals surface area contributed by atoms with Gasteiger partial charge in [0.05, 0.1) is 13.2 Å². The highest BCUT2D eigenvalue weighted by Crippen LogP contribution is 2.55. The van der Waals surface area contributed by atoms with E-state index >= 15 is 0 Å². The molecule has 0 N–H and O–H groups in total. The molecular formula is C38H60N2O5. The summed E-state index contributed by atoms with van der Waals surface area (Å²) in [7, 11) is 0. The first-order valence-electron chi connectivity index (χ1n) is 17.5. The van der Waals surface area contributed by atoms with E-state index in [2.05, 4.69) is 85.4 Å². The van der Waals surface area contributed by atoms with Gasteiger partial charge in [0.25, 0.3) is 0 Å². The Morgan fingerprint density at radius 3 is 2.40 bits per heavy atom. The summed E-state index contributed by atoms with van der Waals surface area (Å²) in [6.07, 6.45) is 8.71. The van der Waals surface area contributed by atoms with E-state index in [1.54, 1.807) is 0 Å². The molecule has 45 heavy (non-hydrogen) atoms. The lowest BCUT2D eigenvalue weighted by molar-refractivity contribution is -0.135. The van der Waals surface area contributed by atoms with E-state index in [4.69, 9.17) is 14.2 Å². The third kappa shape index (κ3) is 8.91. The van der Waals surface area contributed by atoms with E-state index in [-0.39, 0.29) is 28.8 Å². The molecule has 0 bridgehead atoms. The van der Waals surface area contributed by atoms with E-state index in [1.807, 2.05) is 4.90 Å². The van der Waals surface area contributed by atoms with Crippen LogP contribution in [0.5, 0.6) is 11.5 Å². The number of nitrogens with zero attached hydrogens (tertiary/aromatic N) is 2. The molecular weight excluding hydrogens is 564 g/mol. The lowest BCUT2D eigenvalue weighted by atomic mass is 9.66. The third-order valence-electron chi connectivity index (χ3n) is 10.4. The number of unbranched alkanes of at least 4 members (excludes halogenated alkanes) is 1. The molecule has 252 valence electrons. The topological polar surface area (TPSA) is 68.3 Å². The molecule has 2 unspecified atom stereocenters. The Labute approximate surface area is 273 Å². The third-order valence-corrected chi connectivity index (χ3v) is 10.4. The summed E-state index contributed by atoms with van der Waals surface area (Å²) >= 11 is 0. The molecule has 0 spiro atoms. The van der Waals surface area contributed by atoms with Gasteiger partial charge in [0.2, 0.25) is 5.91 Å². The zero-order valence-electron chi connectivity index (χ0n) is 29.7. The van der Waals surface area contributed by atoms with Gasteiger partial charge in [-0.25, -0.2) is 0 Å². The van der Waals surface area contributed by atoms with Crippen LogP contribution in [0.2, 0.25) is 0 Å². The minimum absolute atomic E-state index is 0.175. The Morgan fingerprint density at radius 2 is 1.73 bits per heavy atom. The van der Waals surface area contributed by atoms with Crippen molar-refractivity contribution in [1.29, 1.82) is 0 Å². The predicted octanol–water partition coefficient (Wildman–Crippen LogP) is 7.80. The van der Waals surface area contributed by atoms with Gasteiger partial charge < -0.3 is 19.1 Å². The quantitative estimate of drug-likeness (QED) is 0.0966. The second kappa shape index (κ2) is 15.0. The summed E-state index contributed by atoms with van der Waals surface area (Å²) in [5.41, 5.74) is 3.06. The minimum Gasteiger partial charge on any atom is -0.487 e. The van der Waals surface area contributed by atoms with Gasteiger partial charge in [-0.1, -0.05) is 31.9 Å². The molecule has 3 aliphatic rings. The monoisotopic (exact) mass is 624 g/mol. The van der Waals surface area contributed by atoms with Crippen molar-refractivity contribution in [1.82, 2.24) is 9.80 Å². The van der Waals surface area contributed by atoms with Gasteiger partial charge in [0.1, 0.15) is 17.1 Å². The molecule has 1 fully saturated rings. The summed E-state index contributed by atoms with van der Waals surface area (Å²) in [4.78, 5) is 30.4. The van der Waals surface area contributed by atoms with Crippen LogP contribution in [-0.2, 0) is 19.7 Å². The molecule has 2 heterocycles. The summed E-state index contributed by atoms with van der Waals surface area (Å²) in [5.74, 6) is 2.15. The molecule has 7 nitrogen and oxygen atoms in total. The largest absolute Gasteiger partial charge is 0.487 e. The lowest BCUT2D eigenvalue weighted by Crippen LogP contribution is -2.45. The average Bonchev–Trinajstić information content (AvgIpc) is 2.96. The zero-order chi connectivity index (χ0) is 32.9. The zero-order valence-corrected chi connectivity index (χ0v) is 29.7. The van der Waals surface area contributed by atoms with Crippen LogP contribution in [0, 0.1) is 5.92 Å². The van der Waals surface area contributed by atoms with E-state index in [9.17, 15) is 9.59 Å². The van der Waals surface area contributed by atoms with E-state index in [1.165, 1.54) is 5.57 Å². The number of morpholine rings is 1. The van der Waals surface area contributed by atoms with Crippen molar-refractivity contribution in [2.24, 2.45) is 5.92 Å². The number of esters is 1. The highest BCUT2D eigenvalue weighted by molar-refractivity contribution is 5.76. The normalized spacial score (nSPS) is 21.3. The van der Waals surface area contributed by atoms with Crippen LogP contribution in [-0.4, -0.2) is 72.2 Å². The van der Waals surface area contributed by atoms with Gasteiger partial charge in [-0.2, -0.15) is 0 Å². The van der Waals surface area contributed by atoms with Crippen molar-refractivity contribution in [2.45, 2.75) is 143 Å². The van der Waals surface area contributed by atoms with Gasteiger partial charge in [-0.3, -0.25) is 14.5 Å². The van der Waals surface area contributed by atoms with E-state index in [0.29, 0.717) is 62.9 Å². The number of carbonyl (C=O) groups excluding carboxylic acids is 2. The number of ether oxygens (including phenoxy) is 3. The minimum atomic E-state index is -0.323. The smallest absolute Gasteiger partial charge is 0.311 e. The fourth-order valence-electron chi connectivity index (χ4n) is 7.67. The number of fused-ring (bicyclic) bond motifs is 3.